The van der Waals surface area contributed by atoms with Gasteiger partial charge in [0.25, 0.3) is 0 Å². The number of pyridine rings is 1. The molecular weight excluding hydrogens is 321 g/mol. The summed E-state index contributed by atoms with van der Waals surface area (Å²) in [6.45, 7) is 3.56. The quantitative estimate of drug-likeness (QED) is 0.785. The van der Waals surface area contributed by atoms with Crippen LogP contribution in [0.15, 0.2) is 33.5 Å². The number of hydrogen-bond acceptors (Lipinski definition) is 1. The van der Waals surface area contributed by atoms with Crippen molar-refractivity contribution in [1.29, 1.82) is 0 Å². The Morgan fingerprint density at radius 3 is 2.58 bits per heavy atom. The highest BCUT2D eigenvalue weighted by molar-refractivity contribution is 9.10. The van der Waals surface area contributed by atoms with E-state index in [-0.39, 0.29) is 0 Å². The topological polar surface area (TPSA) is 17.3 Å². The van der Waals surface area contributed by atoms with Crippen LogP contribution in [0.4, 0.5) is 13.2 Å². The van der Waals surface area contributed by atoms with Crippen LogP contribution in [0, 0.1) is 6.92 Å². The number of rotatable bonds is 3. The molecule has 0 bridgehead atoms. The van der Waals surface area contributed by atoms with Crippen molar-refractivity contribution in [1.82, 2.24) is 4.57 Å². The van der Waals surface area contributed by atoms with Gasteiger partial charge in [-0.2, -0.15) is 13.2 Å². The van der Waals surface area contributed by atoms with Gasteiger partial charge in [0.15, 0.2) is 0 Å². The lowest BCUT2D eigenvalue weighted by atomic mass is 10.2. The summed E-state index contributed by atoms with van der Waals surface area (Å²) in [7, 11) is 1.67. The molecule has 6 heteroatoms. The third kappa shape index (κ3) is 4.53. The fraction of sp³-hybridized carbons (Fsp3) is 0.462. The highest BCUT2D eigenvalue weighted by Crippen LogP contribution is 2.26. The lowest BCUT2D eigenvalue weighted by molar-refractivity contribution is -0.0930. The fourth-order valence-electron chi connectivity index (χ4n) is 1.62. The molecule has 0 amide bonds. The Kier molecular flexibility index (Phi) is 5.40. The smallest absolute Gasteiger partial charge is 0.335 e. The van der Waals surface area contributed by atoms with Crippen molar-refractivity contribution < 1.29 is 13.2 Å². The average Bonchev–Trinajstić information content (AvgIpc) is 2.25. The Morgan fingerprint density at radius 2 is 2.11 bits per heavy atom. The highest BCUT2D eigenvalue weighted by atomic mass is 79.9. The minimum Gasteiger partial charge on any atom is -0.335 e. The molecule has 1 aromatic rings. The van der Waals surface area contributed by atoms with Crippen molar-refractivity contribution in [2.45, 2.75) is 32.9 Å². The molecule has 0 atom stereocenters. The molecule has 0 unspecified atom stereocenters. The van der Waals surface area contributed by atoms with Crippen molar-refractivity contribution >= 4 is 15.9 Å². The van der Waals surface area contributed by atoms with Gasteiger partial charge < -0.3 is 4.57 Å². The lowest BCUT2D eigenvalue weighted by Gasteiger charge is -2.09. The zero-order valence-electron chi connectivity index (χ0n) is 11.1. The Hall–Kier alpha value is -1.04. The van der Waals surface area contributed by atoms with Crippen LogP contribution in [0.1, 0.15) is 25.3 Å². The SMILES string of the molecule is CCC/C=C(/N=c1c(C)cc(Br)cn1C)C(F)(F)F. The summed E-state index contributed by atoms with van der Waals surface area (Å²) in [6.07, 6.45) is -0.596. The molecule has 1 aromatic heterocycles. The maximum Gasteiger partial charge on any atom is 0.433 e. The van der Waals surface area contributed by atoms with Crippen LogP contribution in [0.2, 0.25) is 0 Å². The van der Waals surface area contributed by atoms with Gasteiger partial charge in [0, 0.05) is 17.7 Å². The number of hydrogen-bond donors (Lipinski definition) is 0. The van der Waals surface area contributed by atoms with E-state index in [1.807, 2.05) is 6.92 Å². The van der Waals surface area contributed by atoms with Gasteiger partial charge >= 0.3 is 6.18 Å². The molecule has 0 aromatic carbocycles. The lowest BCUT2D eigenvalue weighted by Crippen LogP contribution is -2.23. The molecule has 0 saturated heterocycles. The molecule has 19 heavy (non-hydrogen) atoms. The predicted octanol–water partition coefficient (Wildman–Crippen LogP) is 4.24. The Balaban J connectivity index is 3.39. The third-order valence-electron chi connectivity index (χ3n) is 2.50. The highest BCUT2D eigenvalue weighted by Gasteiger charge is 2.33. The summed E-state index contributed by atoms with van der Waals surface area (Å²) in [5.41, 5.74) is 0.154. The Bertz CT molecular complexity index is 516. The van der Waals surface area contributed by atoms with E-state index in [1.54, 1.807) is 30.8 Å². The van der Waals surface area contributed by atoms with E-state index in [2.05, 4.69) is 20.9 Å². The molecule has 0 spiro atoms. The minimum atomic E-state index is -4.43. The van der Waals surface area contributed by atoms with Gasteiger partial charge in [0.2, 0.25) is 0 Å². The van der Waals surface area contributed by atoms with Crippen molar-refractivity contribution in [2.24, 2.45) is 12.0 Å². The second-order valence-electron chi connectivity index (χ2n) is 4.26. The standard InChI is InChI=1S/C13H16BrF3N2/c1-4-5-6-11(13(15,16)17)18-12-9(2)7-10(14)8-19(12)3/h6-8H,4-5H2,1-3H3/b11-6+,18-12?. The molecule has 0 N–H and O–H groups in total. The zero-order chi connectivity index (χ0) is 14.6. The maximum absolute atomic E-state index is 12.9. The molecule has 1 rings (SSSR count). The van der Waals surface area contributed by atoms with E-state index in [0.29, 0.717) is 23.9 Å². The second kappa shape index (κ2) is 6.41. The molecule has 0 radical (unpaired) electrons. The molecule has 1 heterocycles. The van der Waals surface area contributed by atoms with Gasteiger partial charge in [-0.25, -0.2) is 4.99 Å². The Labute approximate surface area is 118 Å². The van der Waals surface area contributed by atoms with Crippen molar-refractivity contribution in [3.8, 4) is 0 Å². The second-order valence-corrected chi connectivity index (χ2v) is 5.18. The summed E-state index contributed by atoms with van der Waals surface area (Å²) < 4.78 is 41.1. The van der Waals surface area contributed by atoms with Crippen LogP contribution in [-0.2, 0) is 7.05 Å². The number of nitrogens with zero attached hydrogens (tertiary/aromatic N) is 2. The predicted molar refractivity (Wildman–Crippen MR) is 72.5 cm³/mol. The molecule has 0 saturated carbocycles. The van der Waals surface area contributed by atoms with Crippen LogP contribution in [-0.4, -0.2) is 10.7 Å². The van der Waals surface area contributed by atoms with Gasteiger partial charge in [-0.3, -0.25) is 0 Å². The fourth-order valence-corrected chi connectivity index (χ4v) is 2.27. The van der Waals surface area contributed by atoms with Crippen LogP contribution in [0.5, 0.6) is 0 Å². The zero-order valence-corrected chi connectivity index (χ0v) is 12.6. The van der Waals surface area contributed by atoms with Gasteiger partial charge in [0.1, 0.15) is 11.2 Å². The molecule has 0 fully saturated rings. The number of unbranched alkanes of at least 4 members (excludes halogenated alkanes) is 1. The largest absolute Gasteiger partial charge is 0.433 e. The van der Waals surface area contributed by atoms with Gasteiger partial charge in [-0.1, -0.05) is 19.4 Å². The number of aromatic nitrogens is 1. The maximum atomic E-state index is 12.9. The van der Waals surface area contributed by atoms with E-state index in [1.165, 1.54) is 0 Å². The number of allylic oxidation sites excluding steroid dienone is 2. The molecular formula is C13H16BrF3N2. The van der Waals surface area contributed by atoms with E-state index >= 15 is 0 Å². The summed E-state index contributed by atoms with van der Waals surface area (Å²) in [6, 6.07) is 1.74. The van der Waals surface area contributed by atoms with Gasteiger partial charge in [-0.15, -0.1) is 0 Å². The summed E-state index contributed by atoms with van der Waals surface area (Å²) >= 11 is 3.30. The van der Waals surface area contributed by atoms with Crippen molar-refractivity contribution in [3.63, 3.8) is 0 Å². The van der Waals surface area contributed by atoms with Crippen LogP contribution in [0.3, 0.4) is 0 Å². The van der Waals surface area contributed by atoms with Crippen LogP contribution in [0.25, 0.3) is 0 Å². The Morgan fingerprint density at radius 1 is 1.47 bits per heavy atom. The monoisotopic (exact) mass is 336 g/mol. The van der Waals surface area contributed by atoms with Crippen molar-refractivity contribution in [2.75, 3.05) is 0 Å². The molecule has 2 nitrogen and oxygen atoms in total. The summed E-state index contributed by atoms with van der Waals surface area (Å²) in [5, 5.41) is 0. The molecule has 0 aliphatic carbocycles. The summed E-state index contributed by atoms with van der Waals surface area (Å²) in [5.74, 6) is 0. The van der Waals surface area contributed by atoms with Crippen molar-refractivity contribution in [3.05, 3.63) is 39.6 Å². The first-order valence-corrected chi connectivity index (χ1v) is 6.70. The van der Waals surface area contributed by atoms with E-state index in [4.69, 9.17) is 0 Å². The molecule has 0 aliphatic heterocycles. The first kappa shape index (κ1) is 16.0. The molecule has 0 aliphatic rings. The first-order valence-electron chi connectivity index (χ1n) is 5.90. The van der Waals surface area contributed by atoms with Crippen LogP contribution < -0.4 is 5.49 Å². The average molecular weight is 337 g/mol. The third-order valence-corrected chi connectivity index (χ3v) is 2.93. The van der Waals surface area contributed by atoms with Crippen LogP contribution >= 0.6 is 15.9 Å². The molecule has 106 valence electrons. The summed E-state index contributed by atoms with van der Waals surface area (Å²) in [4.78, 5) is 3.79. The number of aryl methyl sites for hydroxylation is 2. The van der Waals surface area contributed by atoms with E-state index in [9.17, 15) is 13.2 Å². The van der Waals surface area contributed by atoms with E-state index in [0.717, 1.165) is 10.5 Å². The normalized spacial score (nSPS) is 14.1. The number of alkyl halides is 3. The number of halogens is 4. The van der Waals surface area contributed by atoms with Gasteiger partial charge in [0.05, 0.1) is 0 Å². The van der Waals surface area contributed by atoms with E-state index < -0.39 is 11.9 Å². The first-order chi connectivity index (χ1) is 8.75. The minimum absolute atomic E-state index is 0.308. The van der Waals surface area contributed by atoms with Gasteiger partial charge in [-0.05, 0) is 40.9 Å².